The van der Waals surface area contributed by atoms with Crippen LogP contribution in [0.25, 0.3) is 0 Å². The number of nitrogens with one attached hydrogen (secondary N) is 1. The normalized spacial score (nSPS) is 21.1. The summed E-state index contributed by atoms with van der Waals surface area (Å²) >= 11 is 1.36. The van der Waals surface area contributed by atoms with E-state index in [0.29, 0.717) is 24.3 Å². The standard InChI is InChI=1S/C10H12N2O4S.K/c1-5(13)11-3-2-6-9(10(15)16)12-7(14)4-8(12)17-6;/h8H,2-4H2,1H3,(H,11,13)(H,15,16);/q;+1/p-1. The van der Waals surface area contributed by atoms with Gasteiger partial charge in [-0.15, -0.1) is 11.8 Å². The zero-order chi connectivity index (χ0) is 12.6. The van der Waals surface area contributed by atoms with Gasteiger partial charge in [0.05, 0.1) is 23.5 Å². The fraction of sp³-hybridized carbons (Fsp3) is 0.500. The smallest absolute Gasteiger partial charge is 0.543 e. The third-order valence-electron chi connectivity index (χ3n) is 2.61. The number of nitrogens with zero attached hydrogens (tertiary/aromatic N) is 1. The molecule has 2 aliphatic rings. The molecule has 0 aromatic heterocycles. The minimum absolute atomic E-state index is 0. The molecular formula is C10H11KN2O4S. The van der Waals surface area contributed by atoms with E-state index >= 15 is 0 Å². The zero-order valence-corrected chi connectivity index (χ0v) is 14.1. The van der Waals surface area contributed by atoms with Crippen LogP contribution < -0.4 is 61.8 Å². The molecule has 0 aromatic carbocycles. The van der Waals surface area contributed by atoms with E-state index in [0.717, 1.165) is 0 Å². The maximum atomic E-state index is 11.3. The number of fused-ring (bicyclic) bond motifs is 1. The number of carbonyl (C=O) groups is 3. The monoisotopic (exact) mass is 294 g/mol. The van der Waals surface area contributed by atoms with Crippen LogP contribution in [0.4, 0.5) is 0 Å². The number of carbonyl (C=O) groups excluding carboxylic acids is 3. The molecule has 0 radical (unpaired) electrons. The van der Waals surface area contributed by atoms with Crippen molar-refractivity contribution in [3.63, 3.8) is 0 Å². The number of thioether (sulfide) groups is 1. The van der Waals surface area contributed by atoms with Crippen molar-refractivity contribution in [1.29, 1.82) is 0 Å². The second-order valence-electron chi connectivity index (χ2n) is 3.83. The maximum Gasteiger partial charge on any atom is 1.00 e. The van der Waals surface area contributed by atoms with Gasteiger partial charge < -0.3 is 15.2 Å². The number of rotatable bonds is 4. The Hall–Kier alpha value is 0.136. The van der Waals surface area contributed by atoms with E-state index in [1.807, 2.05) is 0 Å². The molecule has 0 spiro atoms. The Morgan fingerprint density at radius 3 is 2.72 bits per heavy atom. The molecule has 1 saturated heterocycles. The molecule has 2 heterocycles. The molecule has 1 N–H and O–H groups in total. The van der Waals surface area contributed by atoms with Crippen LogP contribution in [0.1, 0.15) is 19.8 Å². The van der Waals surface area contributed by atoms with Gasteiger partial charge in [0, 0.05) is 18.4 Å². The maximum absolute atomic E-state index is 11.3. The fourth-order valence-electron chi connectivity index (χ4n) is 1.85. The minimum Gasteiger partial charge on any atom is -0.543 e. The van der Waals surface area contributed by atoms with Crippen molar-refractivity contribution in [3.05, 3.63) is 10.6 Å². The van der Waals surface area contributed by atoms with Crippen molar-refractivity contribution >= 4 is 29.5 Å². The molecule has 8 heteroatoms. The van der Waals surface area contributed by atoms with Gasteiger partial charge >= 0.3 is 51.4 Å². The first-order chi connectivity index (χ1) is 8.00. The number of carboxylic acids is 1. The summed E-state index contributed by atoms with van der Waals surface area (Å²) in [5, 5.41) is 13.5. The molecule has 0 saturated carbocycles. The molecule has 2 rings (SSSR count). The summed E-state index contributed by atoms with van der Waals surface area (Å²) in [6.07, 6.45) is 0.777. The Kier molecular flexibility index (Phi) is 5.88. The average Bonchev–Trinajstić information content (AvgIpc) is 2.50. The Bertz CT molecular complexity index is 438. The van der Waals surface area contributed by atoms with Crippen LogP contribution in [0.15, 0.2) is 10.6 Å². The molecular weight excluding hydrogens is 283 g/mol. The first-order valence-electron chi connectivity index (χ1n) is 5.18. The predicted octanol–water partition coefficient (Wildman–Crippen LogP) is -4.22. The molecule has 0 bridgehead atoms. The molecule has 6 nitrogen and oxygen atoms in total. The summed E-state index contributed by atoms with van der Waals surface area (Å²) in [5.74, 6) is -1.68. The van der Waals surface area contributed by atoms with Crippen LogP contribution in [0.3, 0.4) is 0 Å². The quantitative estimate of drug-likeness (QED) is 0.419. The van der Waals surface area contributed by atoms with E-state index in [9.17, 15) is 19.5 Å². The van der Waals surface area contributed by atoms with Crippen LogP contribution in [0.5, 0.6) is 0 Å². The number of hydrogen-bond donors (Lipinski definition) is 1. The number of carboxylic acid groups (broad SMARTS) is 1. The van der Waals surface area contributed by atoms with Crippen molar-refractivity contribution in [3.8, 4) is 0 Å². The number of β-lactam (4-membered cyclic amide) rings is 1. The molecule has 2 amide bonds. The van der Waals surface area contributed by atoms with Crippen LogP contribution in [0, 0.1) is 0 Å². The fourth-order valence-corrected chi connectivity index (χ4v) is 3.24. The van der Waals surface area contributed by atoms with Crippen LogP contribution in [-0.4, -0.2) is 34.6 Å². The van der Waals surface area contributed by atoms with Crippen LogP contribution >= 0.6 is 11.8 Å². The SMILES string of the molecule is CC(=O)NCCC1=C(C(=O)[O-])N2C(=O)CC2S1.[K+]. The van der Waals surface area contributed by atoms with Crippen molar-refractivity contribution in [2.24, 2.45) is 0 Å². The topological polar surface area (TPSA) is 89.5 Å². The average molecular weight is 294 g/mol. The summed E-state index contributed by atoms with van der Waals surface area (Å²) in [6.45, 7) is 1.76. The third-order valence-corrected chi connectivity index (χ3v) is 3.94. The summed E-state index contributed by atoms with van der Waals surface area (Å²) in [5.41, 5.74) is -0.0263. The van der Waals surface area contributed by atoms with Gasteiger partial charge in [0.2, 0.25) is 11.8 Å². The van der Waals surface area contributed by atoms with Crippen molar-refractivity contribution in [1.82, 2.24) is 10.2 Å². The first kappa shape index (κ1) is 16.2. The van der Waals surface area contributed by atoms with Crippen LogP contribution in [0.2, 0.25) is 0 Å². The summed E-state index contributed by atoms with van der Waals surface area (Å²) in [4.78, 5) is 34.8. The minimum atomic E-state index is -1.33. The third kappa shape index (κ3) is 3.17. The molecule has 18 heavy (non-hydrogen) atoms. The van der Waals surface area contributed by atoms with Gasteiger partial charge in [0.25, 0.3) is 0 Å². The van der Waals surface area contributed by atoms with E-state index in [-0.39, 0.29) is 74.3 Å². The van der Waals surface area contributed by atoms with Crippen molar-refractivity contribution in [2.45, 2.75) is 25.1 Å². The summed E-state index contributed by atoms with van der Waals surface area (Å²) < 4.78 is 0. The second kappa shape index (κ2) is 6.53. The van der Waals surface area contributed by atoms with E-state index in [1.54, 1.807) is 0 Å². The Balaban J connectivity index is 0.00000162. The van der Waals surface area contributed by atoms with E-state index in [2.05, 4.69) is 5.32 Å². The van der Waals surface area contributed by atoms with Gasteiger partial charge in [-0.25, -0.2) is 0 Å². The Labute approximate surface area is 151 Å². The number of aliphatic carboxylic acids is 1. The van der Waals surface area contributed by atoms with Crippen molar-refractivity contribution in [2.75, 3.05) is 6.54 Å². The van der Waals surface area contributed by atoms with Crippen LogP contribution in [-0.2, 0) is 14.4 Å². The van der Waals surface area contributed by atoms with E-state index in [1.165, 1.54) is 23.6 Å². The molecule has 2 aliphatic heterocycles. The molecule has 1 fully saturated rings. The summed E-state index contributed by atoms with van der Waals surface area (Å²) in [7, 11) is 0. The molecule has 1 atom stereocenters. The molecule has 92 valence electrons. The number of hydrogen-bond acceptors (Lipinski definition) is 5. The summed E-state index contributed by atoms with van der Waals surface area (Å²) in [6, 6.07) is 0. The predicted molar refractivity (Wildman–Crippen MR) is 58.2 cm³/mol. The van der Waals surface area contributed by atoms with Gasteiger partial charge in [-0.05, 0) is 6.42 Å². The van der Waals surface area contributed by atoms with E-state index < -0.39 is 5.97 Å². The first-order valence-corrected chi connectivity index (χ1v) is 6.06. The zero-order valence-electron chi connectivity index (χ0n) is 10.2. The number of amides is 2. The molecule has 0 aromatic rings. The second-order valence-corrected chi connectivity index (χ2v) is 5.11. The Morgan fingerprint density at radius 1 is 1.56 bits per heavy atom. The molecule has 1 unspecified atom stereocenters. The van der Waals surface area contributed by atoms with Crippen molar-refractivity contribution < 1.29 is 70.9 Å². The van der Waals surface area contributed by atoms with Gasteiger partial charge in [-0.2, -0.15) is 0 Å². The largest absolute Gasteiger partial charge is 1.00 e. The van der Waals surface area contributed by atoms with Gasteiger partial charge in [-0.3, -0.25) is 14.5 Å². The van der Waals surface area contributed by atoms with E-state index in [4.69, 9.17) is 0 Å². The molecule has 0 aliphatic carbocycles. The van der Waals surface area contributed by atoms with Gasteiger partial charge in [0.15, 0.2) is 0 Å². The Morgan fingerprint density at radius 2 is 2.22 bits per heavy atom. The van der Waals surface area contributed by atoms with Gasteiger partial charge in [0.1, 0.15) is 0 Å². The van der Waals surface area contributed by atoms with Gasteiger partial charge in [-0.1, -0.05) is 0 Å².